The van der Waals surface area contributed by atoms with Crippen molar-refractivity contribution in [2.24, 2.45) is 0 Å². The van der Waals surface area contributed by atoms with Crippen molar-refractivity contribution in [1.29, 1.82) is 0 Å². The largest absolute Gasteiger partial charge is 0.463 e. The van der Waals surface area contributed by atoms with E-state index in [1.54, 1.807) is 25.3 Å². The summed E-state index contributed by atoms with van der Waals surface area (Å²) in [4.78, 5) is 11.3. The molecule has 0 aliphatic rings. The number of carbonyl (C=O) groups excluding carboxylic acids is 1. The summed E-state index contributed by atoms with van der Waals surface area (Å²) in [6.07, 6.45) is 4.88. The fraction of sp³-hybridized carbons (Fsp3) is 0.533. The van der Waals surface area contributed by atoms with Crippen LogP contribution < -0.4 is 0 Å². The first-order valence-electron chi connectivity index (χ1n) is 7.10. The van der Waals surface area contributed by atoms with Crippen LogP contribution in [0.3, 0.4) is 0 Å². The van der Waals surface area contributed by atoms with Crippen molar-refractivity contribution in [2.75, 3.05) is 13.2 Å². The lowest BCUT2D eigenvalue weighted by Crippen LogP contribution is -2.22. The van der Waals surface area contributed by atoms with E-state index in [-0.39, 0.29) is 5.97 Å². The third kappa shape index (κ3) is 7.50. The van der Waals surface area contributed by atoms with Crippen LogP contribution >= 0.6 is 11.6 Å². The Morgan fingerprint density at radius 2 is 2.14 bits per heavy atom. The lowest BCUT2D eigenvalue weighted by molar-refractivity contribution is -0.137. The Bertz CT molecular complexity index is 492. The van der Waals surface area contributed by atoms with E-state index in [1.807, 2.05) is 4.57 Å². The Morgan fingerprint density at radius 1 is 1.43 bits per heavy atom. The van der Waals surface area contributed by atoms with Crippen molar-refractivity contribution in [2.45, 2.75) is 39.3 Å². The van der Waals surface area contributed by atoms with Crippen LogP contribution in [-0.4, -0.2) is 31.8 Å². The summed E-state index contributed by atoms with van der Waals surface area (Å²) in [7, 11) is -1.08. The standard InChI is InChI=1S/C15H24ClNO3Si/c1-5-20-15(18)7-6-14-10-13(16)11-17(14)12-19-8-9-21(2,3)4/h6-7,10-11H,5,8-9,12H2,1-4H3/q-1/b7-6+. The molecule has 21 heavy (non-hydrogen) atoms. The van der Waals surface area contributed by atoms with Crippen LogP contribution in [0.1, 0.15) is 12.6 Å². The molecule has 0 aliphatic carbocycles. The molecule has 0 spiro atoms. The number of esters is 1. The Kier molecular flexibility index (Phi) is 7.21. The van der Waals surface area contributed by atoms with Crippen molar-refractivity contribution in [3.63, 3.8) is 0 Å². The van der Waals surface area contributed by atoms with E-state index in [4.69, 9.17) is 21.1 Å². The molecule has 0 unspecified atom stereocenters. The van der Waals surface area contributed by atoms with Crippen LogP contribution in [0.5, 0.6) is 0 Å². The summed E-state index contributed by atoms with van der Waals surface area (Å²) >= 11 is 6.01. The number of carbonyl (C=O) groups is 1. The molecule has 1 heterocycles. The van der Waals surface area contributed by atoms with Crippen molar-refractivity contribution in [3.8, 4) is 0 Å². The van der Waals surface area contributed by atoms with Gasteiger partial charge in [-0.15, -0.1) is 14.1 Å². The first-order valence-corrected chi connectivity index (χ1v) is 11.2. The van der Waals surface area contributed by atoms with E-state index in [1.165, 1.54) is 6.08 Å². The molecule has 0 fully saturated rings. The predicted molar refractivity (Wildman–Crippen MR) is 89.2 cm³/mol. The van der Waals surface area contributed by atoms with Crippen LogP contribution in [0, 0.1) is 0 Å². The van der Waals surface area contributed by atoms with E-state index >= 15 is 0 Å². The number of hydrogen-bond donors (Lipinski definition) is 0. The third-order valence-corrected chi connectivity index (χ3v) is 4.71. The van der Waals surface area contributed by atoms with Gasteiger partial charge in [0.15, 0.2) is 0 Å². The lowest BCUT2D eigenvalue weighted by atomic mass is 10.4. The van der Waals surface area contributed by atoms with Gasteiger partial charge in [-0.25, -0.2) is 4.79 Å². The van der Waals surface area contributed by atoms with Gasteiger partial charge in [-0.3, -0.25) is 0 Å². The molecule has 0 saturated carbocycles. The molecule has 6 heteroatoms. The monoisotopic (exact) mass is 329 g/mol. The molecule has 0 N–H and O–H groups in total. The summed E-state index contributed by atoms with van der Waals surface area (Å²) in [5.41, 5.74) is 0.820. The molecular weight excluding hydrogens is 306 g/mol. The predicted octanol–water partition coefficient (Wildman–Crippen LogP) is 4.03. The van der Waals surface area contributed by atoms with Gasteiger partial charge in [0.05, 0.1) is 11.6 Å². The highest BCUT2D eigenvalue weighted by molar-refractivity contribution is 6.76. The van der Waals surface area contributed by atoms with Crippen molar-refractivity contribution in [3.05, 3.63) is 29.1 Å². The second kappa shape index (κ2) is 8.41. The summed E-state index contributed by atoms with van der Waals surface area (Å²) in [6.45, 7) is 10.3. The summed E-state index contributed by atoms with van der Waals surface area (Å²) in [5.74, 6) is -0.360. The highest BCUT2D eigenvalue weighted by Gasteiger charge is 2.04. The van der Waals surface area contributed by atoms with Crippen LogP contribution in [0.25, 0.3) is 6.08 Å². The van der Waals surface area contributed by atoms with Crippen LogP contribution in [-0.2, 0) is 21.0 Å². The smallest absolute Gasteiger partial charge is 0.330 e. The number of hydrogen-bond acceptors (Lipinski definition) is 3. The van der Waals surface area contributed by atoms with Crippen LogP contribution in [0.15, 0.2) is 18.3 Å². The molecule has 4 nitrogen and oxygen atoms in total. The lowest BCUT2D eigenvalue weighted by Gasteiger charge is -2.26. The maximum Gasteiger partial charge on any atom is 0.330 e. The van der Waals surface area contributed by atoms with Gasteiger partial charge in [0, 0.05) is 24.6 Å². The third-order valence-electron chi connectivity index (χ3n) is 2.80. The number of halogens is 1. The molecule has 0 aromatic carbocycles. The SMILES string of the molecule is CCOC(=O)/C=C/c1cc(Cl)cn1COCC[Si-](C)(C)C. The Morgan fingerprint density at radius 3 is 2.76 bits per heavy atom. The quantitative estimate of drug-likeness (QED) is 0.313. The molecule has 0 saturated heterocycles. The molecule has 0 aliphatic heterocycles. The molecule has 1 aromatic heterocycles. The van der Waals surface area contributed by atoms with Gasteiger partial charge in [0.25, 0.3) is 0 Å². The molecule has 0 atom stereocenters. The first kappa shape index (κ1) is 18.0. The van der Waals surface area contributed by atoms with E-state index in [0.29, 0.717) is 18.4 Å². The van der Waals surface area contributed by atoms with Crippen LogP contribution in [0.4, 0.5) is 0 Å². The van der Waals surface area contributed by atoms with Gasteiger partial charge in [-0.1, -0.05) is 11.6 Å². The number of ether oxygens (including phenoxy) is 2. The fourth-order valence-electron chi connectivity index (χ4n) is 1.63. The maximum absolute atomic E-state index is 11.3. The molecule has 1 rings (SSSR count). The Balaban J connectivity index is 2.57. The molecule has 1 aromatic rings. The molecule has 0 radical (unpaired) electrons. The van der Waals surface area contributed by atoms with Gasteiger partial charge in [-0.2, -0.15) is 19.6 Å². The van der Waals surface area contributed by atoms with Crippen molar-refractivity contribution >= 4 is 31.7 Å². The molecule has 0 amide bonds. The second-order valence-electron chi connectivity index (χ2n) is 5.99. The zero-order valence-electron chi connectivity index (χ0n) is 13.2. The summed E-state index contributed by atoms with van der Waals surface area (Å²) in [6, 6.07) is 2.91. The Labute approximate surface area is 132 Å². The Hall–Kier alpha value is -1.04. The van der Waals surface area contributed by atoms with Gasteiger partial charge < -0.3 is 14.0 Å². The van der Waals surface area contributed by atoms with Crippen molar-refractivity contribution in [1.82, 2.24) is 4.57 Å². The fourth-order valence-corrected chi connectivity index (χ4v) is 2.61. The van der Waals surface area contributed by atoms with Crippen LogP contribution in [0.2, 0.25) is 30.7 Å². The van der Waals surface area contributed by atoms with E-state index in [0.717, 1.165) is 18.3 Å². The average molecular weight is 330 g/mol. The van der Waals surface area contributed by atoms with Gasteiger partial charge in [0.2, 0.25) is 0 Å². The minimum atomic E-state index is -1.08. The molecule has 119 valence electrons. The minimum Gasteiger partial charge on any atom is -0.463 e. The van der Waals surface area contributed by atoms with Crippen molar-refractivity contribution < 1.29 is 14.3 Å². The minimum absolute atomic E-state index is 0.360. The summed E-state index contributed by atoms with van der Waals surface area (Å²) in [5, 5.41) is 0.618. The highest BCUT2D eigenvalue weighted by atomic mass is 35.5. The van der Waals surface area contributed by atoms with Gasteiger partial charge in [0.1, 0.15) is 6.73 Å². The molecular formula is C15H24ClNO3Si-. The maximum atomic E-state index is 11.3. The number of aromatic nitrogens is 1. The normalized spacial score (nSPS) is 12.0. The number of rotatable bonds is 8. The highest BCUT2D eigenvalue weighted by Crippen LogP contribution is 2.16. The first-order chi connectivity index (χ1) is 9.81. The van der Waals surface area contributed by atoms with Gasteiger partial charge >= 0.3 is 5.97 Å². The topological polar surface area (TPSA) is 40.5 Å². The van der Waals surface area contributed by atoms with Gasteiger partial charge in [-0.05, 0) is 19.1 Å². The zero-order valence-corrected chi connectivity index (χ0v) is 14.9. The van der Waals surface area contributed by atoms with E-state index < -0.39 is 8.07 Å². The van der Waals surface area contributed by atoms with E-state index in [2.05, 4.69) is 19.6 Å². The zero-order chi connectivity index (χ0) is 15.9. The average Bonchev–Trinajstić information content (AvgIpc) is 2.72. The molecule has 0 bridgehead atoms. The second-order valence-corrected chi connectivity index (χ2v) is 12.0. The number of nitrogens with zero attached hydrogens (tertiary/aromatic N) is 1. The van der Waals surface area contributed by atoms with E-state index in [9.17, 15) is 4.79 Å². The summed E-state index contributed by atoms with van der Waals surface area (Å²) < 4.78 is 12.4.